The minimum Gasteiger partial charge on any atom is -0.377 e. The first-order valence-corrected chi connectivity index (χ1v) is 14.2. The molecule has 0 aliphatic heterocycles. The first-order chi connectivity index (χ1) is 13.8. The molecule has 0 rings (SSSR count). The Bertz CT molecular complexity index is 355. The largest absolute Gasteiger partial charge is 0.500 e. The Morgan fingerprint density at radius 1 is 0.667 bits per heavy atom. The molecule has 0 aromatic rings. The van der Waals surface area contributed by atoms with Crippen LogP contribution in [-0.2, 0) is 13.3 Å². The van der Waals surface area contributed by atoms with Crippen LogP contribution in [0.1, 0.15) is 117 Å². The smallest absolute Gasteiger partial charge is 0.377 e. The van der Waals surface area contributed by atoms with Gasteiger partial charge in [-0.15, -0.1) is 12.4 Å². The average molecular weight is 468 g/mol. The molecular weight excluding hydrogens is 414 g/mol. The highest BCUT2D eigenvalue weighted by Crippen LogP contribution is 2.28. The summed E-state index contributed by atoms with van der Waals surface area (Å²) >= 11 is 0. The van der Waals surface area contributed by atoms with E-state index < -0.39 is 8.80 Å². The van der Waals surface area contributed by atoms with Gasteiger partial charge in [-0.2, -0.15) is 0 Å². The highest BCUT2D eigenvalue weighted by molar-refractivity contribution is 6.60. The SMILES string of the molecule is CCCCCCCCCCCCCCC(CCC[Si](OC)(OC)OC)C(C)(C)N.Cl. The molecule has 0 spiro atoms. The van der Waals surface area contributed by atoms with Gasteiger partial charge in [-0.25, -0.2) is 0 Å². The van der Waals surface area contributed by atoms with E-state index in [2.05, 4.69) is 20.8 Å². The van der Waals surface area contributed by atoms with Crippen molar-refractivity contribution in [2.24, 2.45) is 11.7 Å². The lowest BCUT2D eigenvalue weighted by atomic mass is 9.81. The molecule has 0 radical (unpaired) electrons. The van der Waals surface area contributed by atoms with E-state index in [0.29, 0.717) is 5.92 Å². The molecule has 0 aliphatic rings. The minimum atomic E-state index is -2.45. The van der Waals surface area contributed by atoms with Crippen molar-refractivity contribution in [3.05, 3.63) is 0 Å². The van der Waals surface area contributed by atoms with Crippen molar-refractivity contribution in [2.45, 2.75) is 129 Å². The van der Waals surface area contributed by atoms with Gasteiger partial charge in [-0.1, -0.05) is 84.0 Å². The number of rotatable bonds is 21. The molecule has 1 unspecified atom stereocenters. The molecule has 0 bridgehead atoms. The summed E-state index contributed by atoms with van der Waals surface area (Å²) in [5, 5.41) is 0. The Kier molecular flexibility index (Phi) is 21.7. The highest BCUT2D eigenvalue weighted by atomic mass is 35.5. The number of hydrogen-bond donors (Lipinski definition) is 1. The Morgan fingerprint density at radius 2 is 1.03 bits per heavy atom. The summed E-state index contributed by atoms with van der Waals surface area (Å²) in [6.07, 6.45) is 20.1. The van der Waals surface area contributed by atoms with E-state index in [9.17, 15) is 0 Å². The van der Waals surface area contributed by atoms with Gasteiger partial charge in [-0.05, 0) is 39.0 Å². The summed E-state index contributed by atoms with van der Waals surface area (Å²) < 4.78 is 16.6. The van der Waals surface area contributed by atoms with Gasteiger partial charge in [0.05, 0.1) is 0 Å². The number of unbranched alkanes of at least 4 members (excludes halogenated alkanes) is 11. The Morgan fingerprint density at radius 3 is 1.40 bits per heavy atom. The lowest BCUT2D eigenvalue weighted by Gasteiger charge is -2.32. The van der Waals surface area contributed by atoms with E-state index >= 15 is 0 Å². The van der Waals surface area contributed by atoms with Gasteiger partial charge in [0.1, 0.15) is 0 Å². The summed E-state index contributed by atoms with van der Waals surface area (Å²) in [5.41, 5.74) is 6.35. The standard InChI is InChI=1S/C24H53NO3Si.ClH/c1-7-8-9-10-11-12-13-14-15-16-17-18-20-23(24(2,3)25)21-19-22-29(26-4,27-5)28-6;/h23H,7-22,25H2,1-6H3;1H. The van der Waals surface area contributed by atoms with Crippen molar-refractivity contribution in [1.29, 1.82) is 0 Å². The monoisotopic (exact) mass is 467 g/mol. The van der Waals surface area contributed by atoms with Crippen LogP contribution in [0.15, 0.2) is 0 Å². The molecule has 2 N–H and O–H groups in total. The molecule has 0 amide bonds. The number of hydrogen-bond acceptors (Lipinski definition) is 4. The van der Waals surface area contributed by atoms with Gasteiger partial charge < -0.3 is 19.0 Å². The van der Waals surface area contributed by atoms with Gasteiger partial charge in [0, 0.05) is 32.9 Å². The minimum absolute atomic E-state index is 0. The predicted molar refractivity (Wildman–Crippen MR) is 136 cm³/mol. The summed E-state index contributed by atoms with van der Waals surface area (Å²) in [6.45, 7) is 6.63. The fourth-order valence-corrected chi connectivity index (χ4v) is 5.99. The van der Waals surface area contributed by atoms with E-state index in [0.717, 1.165) is 18.9 Å². The van der Waals surface area contributed by atoms with Gasteiger partial charge in [-0.3, -0.25) is 0 Å². The van der Waals surface area contributed by atoms with Crippen LogP contribution in [0, 0.1) is 5.92 Å². The molecule has 0 aromatic heterocycles. The fraction of sp³-hybridized carbons (Fsp3) is 1.00. The van der Waals surface area contributed by atoms with Crippen LogP contribution in [0.2, 0.25) is 6.04 Å². The zero-order valence-corrected chi connectivity index (χ0v) is 22.9. The molecular formula is C24H54ClNO3Si. The van der Waals surface area contributed by atoms with E-state index in [4.69, 9.17) is 19.0 Å². The van der Waals surface area contributed by atoms with Crippen LogP contribution in [0.5, 0.6) is 0 Å². The number of nitrogens with two attached hydrogens (primary N) is 1. The zero-order valence-electron chi connectivity index (χ0n) is 21.1. The maximum Gasteiger partial charge on any atom is 0.500 e. The lowest BCUT2D eigenvalue weighted by Crippen LogP contribution is -2.44. The van der Waals surface area contributed by atoms with Gasteiger partial charge in [0.15, 0.2) is 0 Å². The van der Waals surface area contributed by atoms with Gasteiger partial charge in [0.25, 0.3) is 0 Å². The van der Waals surface area contributed by atoms with Crippen molar-refractivity contribution in [1.82, 2.24) is 0 Å². The lowest BCUT2D eigenvalue weighted by molar-refractivity contribution is 0.121. The van der Waals surface area contributed by atoms with Crippen molar-refractivity contribution >= 4 is 21.2 Å². The third-order valence-corrected chi connectivity index (χ3v) is 9.26. The Labute approximate surface area is 196 Å². The highest BCUT2D eigenvalue weighted by Gasteiger charge is 2.37. The molecule has 0 aromatic carbocycles. The topological polar surface area (TPSA) is 53.7 Å². The summed E-state index contributed by atoms with van der Waals surface area (Å²) in [6, 6.07) is 0.863. The average Bonchev–Trinajstić information content (AvgIpc) is 2.70. The molecule has 4 nitrogen and oxygen atoms in total. The first-order valence-electron chi connectivity index (χ1n) is 12.3. The molecule has 0 heterocycles. The van der Waals surface area contributed by atoms with Crippen molar-refractivity contribution in [3.8, 4) is 0 Å². The van der Waals surface area contributed by atoms with E-state index in [1.807, 2.05) is 0 Å². The van der Waals surface area contributed by atoms with Gasteiger partial charge >= 0.3 is 8.80 Å². The summed E-state index contributed by atoms with van der Waals surface area (Å²) in [5.74, 6) is 0.544. The predicted octanol–water partition coefficient (Wildman–Crippen LogP) is 7.51. The molecule has 184 valence electrons. The van der Waals surface area contributed by atoms with Crippen LogP contribution in [0.3, 0.4) is 0 Å². The van der Waals surface area contributed by atoms with Crippen LogP contribution < -0.4 is 5.73 Å². The first kappa shape index (κ1) is 32.5. The van der Waals surface area contributed by atoms with Crippen LogP contribution >= 0.6 is 12.4 Å². The maximum absolute atomic E-state index is 6.48. The molecule has 30 heavy (non-hydrogen) atoms. The van der Waals surface area contributed by atoms with Crippen molar-refractivity contribution in [2.75, 3.05) is 21.3 Å². The second-order valence-electron chi connectivity index (χ2n) is 9.38. The van der Waals surface area contributed by atoms with E-state index in [1.54, 1.807) is 21.3 Å². The van der Waals surface area contributed by atoms with E-state index in [1.165, 1.54) is 83.5 Å². The second kappa shape index (κ2) is 20.0. The van der Waals surface area contributed by atoms with Crippen LogP contribution in [0.25, 0.3) is 0 Å². The molecule has 0 aliphatic carbocycles. The zero-order chi connectivity index (χ0) is 22.0. The van der Waals surface area contributed by atoms with Gasteiger partial charge in [0.2, 0.25) is 0 Å². The molecule has 0 saturated heterocycles. The fourth-order valence-electron chi connectivity index (χ4n) is 4.24. The maximum atomic E-state index is 6.48. The molecule has 0 saturated carbocycles. The Balaban J connectivity index is 0. The molecule has 0 fully saturated rings. The third-order valence-electron chi connectivity index (χ3n) is 6.43. The summed E-state index contributed by atoms with van der Waals surface area (Å²) in [4.78, 5) is 0. The number of halogens is 1. The Hall–Kier alpha value is 0.347. The van der Waals surface area contributed by atoms with Crippen LogP contribution in [-0.4, -0.2) is 35.7 Å². The van der Waals surface area contributed by atoms with E-state index in [-0.39, 0.29) is 17.9 Å². The van der Waals surface area contributed by atoms with Crippen LogP contribution in [0.4, 0.5) is 0 Å². The third kappa shape index (κ3) is 16.0. The second-order valence-corrected chi connectivity index (χ2v) is 12.5. The molecule has 6 heteroatoms. The quantitative estimate of drug-likeness (QED) is 0.140. The van der Waals surface area contributed by atoms with Crippen molar-refractivity contribution in [3.63, 3.8) is 0 Å². The normalized spacial score (nSPS) is 13.3. The van der Waals surface area contributed by atoms with Crippen molar-refractivity contribution < 1.29 is 13.3 Å². The molecule has 1 atom stereocenters. The summed E-state index contributed by atoms with van der Waals surface area (Å²) in [7, 11) is 2.62.